The summed E-state index contributed by atoms with van der Waals surface area (Å²) < 4.78 is 0. The Bertz CT molecular complexity index is 666. The Morgan fingerprint density at radius 3 is 2.33 bits per heavy atom. The average Bonchev–Trinajstić information content (AvgIpc) is 2.47. The van der Waals surface area contributed by atoms with Crippen molar-refractivity contribution in [1.82, 2.24) is 4.98 Å². The molecular formula is C15H15N3O3. The second-order valence-electron chi connectivity index (χ2n) is 4.61. The molecule has 1 heterocycles. The van der Waals surface area contributed by atoms with Crippen molar-refractivity contribution in [3.63, 3.8) is 0 Å². The molecule has 1 aromatic heterocycles. The fraction of sp³-hybridized carbons (Fsp3) is 0.133. The van der Waals surface area contributed by atoms with E-state index in [1.54, 1.807) is 18.2 Å². The Morgan fingerprint density at radius 1 is 1.10 bits per heavy atom. The highest BCUT2D eigenvalue weighted by Crippen LogP contribution is 2.13. The van der Waals surface area contributed by atoms with E-state index in [-0.39, 0.29) is 17.4 Å². The Morgan fingerprint density at radius 2 is 1.76 bits per heavy atom. The molecule has 0 bridgehead atoms. The van der Waals surface area contributed by atoms with Crippen LogP contribution in [0.2, 0.25) is 0 Å². The minimum Gasteiger partial charge on any atom is -0.477 e. The number of nitrogens with zero attached hydrogens (tertiary/aromatic N) is 2. The van der Waals surface area contributed by atoms with Gasteiger partial charge in [0.2, 0.25) is 0 Å². The lowest BCUT2D eigenvalue weighted by molar-refractivity contribution is 0.0690. The second kappa shape index (κ2) is 6.04. The standard InChI is InChI=1S/C15H15N3O3/c1-18(2)11-8-6-10(7-9-11)14(19)17-13-5-3-4-12(16-13)15(20)21/h3-9H,1-2H3,(H,20,21)(H,16,17,19). The maximum absolute atomic E-state index is 12.1. The minimum atomic E-state index is -1.14. The monoisotopic (exact) mass is 285 g/mol. The predicted molar refractivity (Wildman–Crippen MR) is 79.9 cm³/mol. The van der Waals surface area contributed by atoms with Crippen LogP contribution in [0.15, 0.2) is 42.5 Å². The zero-order valence-corrected chi connectivity index (χ0v) is 11.7. The number of carbonyl (C=O) groups excluding carboxylic acids is 1. The molecule has 0 unspecified atom stereocenters. The van der Waals surface area contributed by atoms with E-state index in [0.29, 0.717) is 5.56 Å². The van der Waals surface area contributed by atoms with Crippen molar-refractivity contribution in [1.29, 1.82) is 0 Å². The summed E-state index contributed by atoms with van der Waals surface area (Å²) in [6.07, 6.45) is 0. The van der Waals surface area contributed by atoms with E-state index < -0.39 is 5.97 Å². The van der Waals surface area contributed by atoms with Crippen LogP contribution in [-0.2, 0) is 0 Å². The van der Waals surface area contributed by atoms with Crippen molar-refractivity contribution < 1.29 is 14.7 Å². The van der Waals surface area contributed by atoms with Crippen molar-refractivity contribution in [3.8, 4) is 0 Å². The zero-order valence-electron chi connectivity index (χ0n) is 11.7. The van der Waals surface area contributed by atoms with Gasteiger partial charge in [0.1, 0.15) is 5.82 Å². The molecule has 0 fully saturated rings. The number of carboxylic acid groups (broad SMARTS) is 1. The minimum absolute atomic E-state index is 0.115. The number of pyridine rings is 1. The molecular weight excluding hydrogens is 270 g/mol. The summed E-state index contributed by atoms with van der Waals surface area (Å²) in [7, 11) is 3.83. The number of anilines is 2. The van der Waals surface area contributed by atoms with Gasteiger partial charge in [-0.1, -0.05) is 6.07 Å². The lowest BCUT2D eigenvalue weighted by Crippen LogP contribution is -2.14. The third-order valence-corrected chi connectivity index (χ3v) is 2.86. The van der Waals surface area contributed by atoms with Gasteiger partial charge in [0.05, 0.1) is 0 Å². The quantitative estimate of drug-likeness (QED) is 0.899. The molecule has 1 aromatic carbocycles. The van der Waals surface area contributed by atoms with Gasteiger partial charge in [-0.05, 0) is 36.4 Å². The largest absolute Gasteiger partial charge is 0.477 e. The van der Waals surface area contributed by atoms with Crippen LogP contribution in [0, 0.1) is 0 Å². The van der Waals surface area contributed by atoms with E-state index in [1.807, 2.05) is 31.1 Å². The average molecular weight is 285 g/mol. The molecule has 0 aliphatic rings. The van der Waals surface area contributed by atoms with Crippen LogP contribution in [-0.4, -0.2) is 36.1 Å². The van der Waals surface area contributed by atoms with Crippen LogP contribution in [0.25, 0.3) is 0 Å². The molecule has 2 rings (SSSR count). The van der Waals surface area contributed by atoms with E-state index >= 15 is 0 Å². The first kappa shape index (κ1) is 14.5. The fourth-order valence-corrected chi connectivity index (χ4v) is 1.72. The Hall–Kier alpha value is -2.89. The third-order valence-electron chi connectivity index (χ3n) is 2.86. The highest BCUT2D eigenvalue weighted by atomic mass is 16.4. The van der Waals surface area contributed by atoms with E-state index in [9.17, 15) is 9.59 Å². The number of aromatic carboxylic acids is 1. The maximum atomic E-state index is 12.1. The van der Waals surface area contributed by atoms with Gasteiger partial charge in [0, 0.05) is 25.3 Å². The first-order chi connectivity index (χ1) is 9.97. The van der Waals surface area contributed by atoms with Crippen molar-refractivity contribution in [2.24, 2.45) is 0 Å². The SMILES string of the molecule is CN(C)c1ccc(C(=O)Nc2cccc(C(=O)O)n2)cc1. The lowest BCUT2D eigenvalue weighted by atomic mass is 10.2. The summed E-state index contributed by atoms with van der Waals surface area (Å²) in [6, 6.07) is 11.5. The van der Waals surface area contributed by atoms with E-state index in [0.717, 1.165) is 5.69 Å². The highest BCUT2D eigenvalue weighted by molar-refractivity contribution is 6.04. The van der Waals surface area contributed by atoms with Crippen LogP contribution < -0.4 is 10.2 Å². The van der Waals surface area contributed by atoms with Gasteiger partial charge in [0.15, 0.2) is 5.69 Å². The summed E-state index contributed by atoms with van der Waals surface area (Å²) in [4.78, 5) is 28.7. The molecule has 0 atom stereocenters. The molecule has 2 N–H and O–H groups in total. The first-order valence-corrected chi connectivity index (χ1v) is 6.26. The molecule has 0 radical (unpaired) electrons. The van der Waals surface area contributed by atoms with E-state index in [1.165, 1.54) is 12.1 Å². The van der Waals surface area contributed by atoms with Gasteiger partial charge in [-0.3, -0.25) is 4.79 Å². The van der Waals surface area contributed by atoms with E-state index in [2.05, 4.69) is 10.3 Å². The first-order valence-electron chi connectivity index (χ1n) is 6.26. The molecule has 21 heavy (non-hydrogen) atoms. The smallest absolute Gasteiger partial charge is 0.354 e. The number of rotatable bonds is 4. The second-order valence-corrected chi connectivity index (χ2v) is 4.61. The number of carbonyl (C=O) groups is 2. The van der Waals surface area contributed by atoms with Crippen molar-refractivity contribution >= 4 is 23.4 Å². The zero-order chi connectivity index (χ0) is 15.4. The van der Waals surface area contributed by atoms with Gasteiger partial charge in [-0.25, -0.2) is 9.78 Å². The summed E-state index contributed by atoms with van der Waals surface area (Å²) in [5.74, 6) is -1.27. The Kier molecular flexibility index (Phi) is 4.18. The molecule has 1 amide bonds. The summed E-state index contributed by atoms with van der Waals surface area (Å²) >= 11 is 0. The van der Waals surface area contributed by atoms with Crippen molar-refractivity contribution in [2.75, 3.05) is 24.3 Å². The van der Waals surface area contributed by atoms with E-state index in [4.69, 9.17) is 5.11 Å². The van der Waals surface area contributed by atoms with Crippen LogP contribution in [0.5, 0.6) is 0 Å². The van der Waals surface area contributed by atoms with Gasteiger partial charge < -0.3 is 15.3 Å². The highest BCUT2D eigenvalue weighted by Gasteiger charge is 2.09. The summed E-state index contributed by atoms with van der Waals surface area (Å²) in [6.45, 7) is 0. The molecule has 0 saturated heterocycles. The number of nitrogens with one attached hydrogen (secondary N) is 1. The summed E-state index contributed by atoms with van der Waals surface area (Å²) in [5.41, 5.74) is 1.34. The molecule has 0 saturated carbocycles. The third kappa shape index (κ3) is 3.56. The van der Waals surface area contributed by atoms with Crippen molar-refractivity contribution in [3.05, 3.63) is 53.7 Å². The Labute approximate surface area is 122 Å². The molecule has 0 spiro atoms. The van der Waals surface area contributed by atoms with Crippen molar-refractivity contribution in [2.45, 2.75) is 0 Å². The summed E-state index contributed by atoms with van der Waals surface area (Å²) in [5, 5.41) is 11.4. The lowest BCUT2D eigenvalue weighted by Gasteiger charge is -2.12. The number of aromatic nitrogens is 1. The maximum Gasteiger partial charge on any atom is 0.354 e. The molecule has 6 nitrogen and oxygen atoms in total. The predicted octanol–water partition coefficient (Wildman–Crippen LogP) is 2.10. The van der Waals surface area contributed by atoms with Gasteiger partial charge >= 0.3 is 5.97 Å². The molecule has 6 heteroatoms. The molecule has 0 aliphatic carbocycles. The van der Waals surface area contributed by atoms with Crippen LogP contribution in [0.3, 0.4) is 0 Å². The number of hydrogen-bond acceptors (Lipinski definition) is 4. The van der Waals surface area contributed by atoms with Gasteiger partial charge in [-0.15, -0.1) is 0 Å². The van der Waals surface area contributed by atoms with Crippen LogP contribution in [0.1, 0.15) is 20.8 Å². The fourth-order valence-electron chi connectivity index (χ4n) is 1.72. The van der Waals surface area contributed by atoms with Crippen LogP contribution in [0.4, 0.5) is 11.5 Å². The Balaban J connectivity index is 2.14. The van der Waals surface area contributed by atoms with Gasteiger partial charge in [-0.2, -0.15) is 0 Å². The number of carboxylic acids is 1. The molecule has 2 aromatic rings. The number of hydrogen-bond donors (Lipinski definition) is 2. The topological polar surface area (TPSA) is 82.5 Å². The molecule has 0 aliphatic heterocycles. The van der Waals surface area contributed by atoms with Crippen LogP contribution >= 0.6 is 0 Å². The number of amides is 1. The molecule has 108 valence electrons. The number of benzene rings is 1. The van der Waals surface area contributed by atoms with Gasteiger partial charge in [0.25, 0.3) is 5.91 Å². The normalized spacial score (nSPS) is 10.0.